The standard InChI is InChI=1S/C15H17F2N3O3S/c16-11-2-1-10(5-12(11)17)23-7-9(21)6-19-15(22)13-8-24-14(20-13)3-4-18/h1-2,5,8-9,21H,3-4,6-7,18H2,(H,19,22). The summed E-state index contributed by atoms with van der Waals surface area (Å²) in [5, 5.41) is 14.7. The molecule has 9 heteroatoms. The van der Waals surface area contributed by atoms with Crippen molar-refractivity contribution in [3.05, 3.63) is 45.9 Å². The van der Waals surface area contributed by atoms with Gasteiger partial charge in [-0.1, -0.05) is 0 Å². The van der Waals surface area contributed by atoms with Gasteiger partial charge in [-0.3, -0.25) is 4.79 Å². The lowest BCUT2D eigenvalue weighted by atomic mass is 10.3. The van der Waals surface area contributed by atoms with E-state index in [1.54, 1.807) is 5.38 Å². The number of hydrogen-bond acceptors (Lipinski definition) is 6. The number of nitrogens with zero attached hydrogens (tertiary/aromatic N) is 1. The van der Waals surface area contributed by atoms with E-state index in [-0.39, 0.29) is 24.6 Å². The summed E-state index contributed by atoms with van der Waals surface area (Å²) in [6, 6.07) is 3.06. The highest BCUT2D eigenvalue weighted by atomic mass is 32.1. The molecule has 0 aliphatic heterocycles. The van der Waals surface area contributed by atoms with Crippen molar-refractivity contribution in [3.8, 4) is 5.75 Å². The van der Waals surface area contributed by atoms with Gasteiger partial charge in [0.05, 0.1) is 5.01 Å². The van der Waals surface area contributed by atoms with Gasteiger partial charge in [-0.2, -0.15) is 0 Å². The lowest BCUT2D eigenvalue weighted by Crippen LogP contribution is -2.35. The Hall–Kier alpha value is -2.10. The van der Waals surface area contributed by atoms with E-state index in [2.05, 4.69) is 10.3 Å². The number of hydrogen-bond donors (Lipinski definition) is 3. The van der Waals surface area contributed by atoms with Crippen LogP contribution in [0.2, 0.25) is 0 Å². The van der Waals surface area contributed by atoms with Crippen molar-refractivity contribution >= 4 is 17.2 Å². The van der Waals surface area contributed by atoms with E-state index in [1.807, 2.05) is 0 Å². The van der Waals surface area contributed by atoms with Gasteiger partial charge >= 0.3 is 0 Å². The monoisotopic (exact) mass is 357 g/mol. The van der Waals surface area contributed by atoms with Crippen LogP contribution in [0.4, 0.5) is 8.78 Å². The fraction of sp³-hybridized carbons (Fsp3) is 0.333. The Balaban J connectivity index is 1.76. The molecule has 0 fully saturated rings. The average Bonchev–Trinajstić information content (AvgIpc) is 3.03. The number of aromatic nitrogens is 1. The molecule has 6 nitrogen and oxygen atoms in total. The summed E-state index contributed by atoms with van der Waals surface area (Å²) in [6.45, 7) is 0.210. The third kappa shape index (κ3) is 5.22. The fourth-order valence-electron chi connectivity index (χ4n) is 1.77. The Kier molecular flexibility index (Phi) is 6.59. The van der Waals surface area contributed by atoms with Gasteiger partial charge in [0.15, 0.2) is 11.6 Å². The molecule has 24 heavy (non-hydrogen) atoms. The summed E-state index contributed by atoms with van der Waals surface area (Å²) in [5.74, 6) is -2.34. The van der Waals surface area contributed by atoms with Gasteiger partial charge in [0.2, 0.25) is 0 Å². The van der Waals surface area contributed by atoms with Gasteiger partial charge < -0.3 is 20.9 Å². The van der Waals surface area contributed by atoms with Crippen molar-refractivity contribution in [2.75, 3.05) is 19.7 Å². The second-order valence-electron chi connectivity index (χ2n) is 4.92. The highest BCUT2D eigenvalue weighted by molar-refractivity contribution is 7.09. The second kappa shape index (κ2) is 8.67. The Labute approximate surface area is 141 Å². The fourth-order valence-corrected chi connectivity index (χ4v) is 2.57. The number of thiazole rings is 1. The van der Waals surface area contributed by atoms with E-state index in [9.17, 15) is 18.7 Å². The predicted octanol–water partition coefficient (Wildman–Crippen LogP) is 1.09. The molecule has 130 valence electrons. The average molecular weight is 357 g/mol. The highest BCUT2D eigenvalue weighted by Gasteiger charge is 2.13. The molecule has 0 bridgehead atoms. The van der Waals surface area contributed by atoms with E-state index in [1.165, 1.54) is 17.4 Å². The van der Waals surface area contributed by atoms with Crippen molar-refractivity contribution in [3.63, 3.8) is 0 Å². The highest BCUT2D eigenvalue weighted by Crippen LogP contribution is 2.15. The van der Waals surface area contributed by atoms with E-state index >= 15 is 0 Å². The van der Waals surface area contributed by atoms with Crippen LogP contribution in [-0.4, -0.2) is 41.8 Å². The topological polar surface area (TPSA) is 97.5 Å². The molecule has 2 aromatic rings. The van der Waals surface area contributed by atoms with Gasteiger partial charge in [-0.05, 0) is 18.7 Å². The minimum atomic E-state index is -1.04. The Morgan fingerprint density at radius 2 is 2.21 bits per heavy atom. The first-order valence-electron chi connectivity index (χ1n) is 7.18. The van der Waals surface area contributed by atoms with Crippen molar-refractivity contribution in [2.24, 2.45) is 5.73 Å². The molecule has 1 aromatic heterocycles. The lowest BCUT2D eigenvalue weighted by Gasteiger charge is -2.13. The summed E-state index contributed by atoms with van der Waals surface area (Å²) >= 11 is 1.34. The zero-order valence-corrected chi connectivity index (χ0v) is 13.5. The van der Waals surface area contributed by atoms with Gasteiger partial charge in [0.1, 0.15) is 24.2 Å². The number of rotatable bonds is 8. The number of carbonyl (C=O) groups is 1. The van der Waals surface area contributed by atoms with Crippen molar-refractivity contribution in [1.82, 2.24) is 10.3 Å². The molecule has 0 aliphatic rings. The number of aliphatic hydroxyl groups is 1. The molecule has 0 saturated carbocycles. The molecule has 0 saturated heterocycles. The number of benzene rings is 1. The molecule has 1 atom stereocenters. The number of nitrogens with one attached hydrogen (secondary N) is 1. The first-order valence-corrected chi connectivity index (χ1v) is 8.06. The van der Waals surface area contributed by atoms with Gasteiger partial charge in [-0.15, -0.1) is 11.3 Å². The maximum atomic E-state index is 13.0. The van der Waals surface area contributed by atoms with Crippen LogP contribution in [0.3, 0.4) is 0 Å². The Morgan fingerprint density at radius 3 is 2.92 bits per heavy atom. The van der Waals surface area contributed by atoms with Crippen molar-refractivity contribution in [1.29, 1.82) is 0 Å². The number of carbonyl (C=O) groups excluding carboxylic acids is 1. The summed E-state index contributed by atoms with van der Waals surface area (Å²) in [7, 11) is 0. The molecule has 0 aliphatic carbocycles. The van der Waals surface area contributed by atoms with Gasteiger partial charge in [0, 0.05) is 24.4 Å². The van der Waals surface area contributed by atoms with Crippen molar-refractivity contribution in [2.45, 2.75) is 12.5 Å². The Morgan fingerprint density at radius 1 is 1.42 bits per heavy atom. The van der Waals surface area contributed by atoms with Crippen LogP contribution in [0.25, 0.3) is 0 Å². The lowest BCUT2D eigenvalue weighted by molar-refractivity contribution is 0.0839. The summed E-state index contributed by atoms with van der Waals surface area (Å²) < 4.78 is 30.9. The Bertz CT molecular complexity index is 696. The van der Waals surface area contributed by atoms with Crippen LogP contribution in [0, 0.1) is 11.6 Å². The first-order chi connectivity index (χ1) is 11.5. The van der Waals surface area contributed by atoms with Crippen LogP contribution >= 0.6 is 11.3 Å². The molecule has 2 rings (SSSR count). The SMILES string of the molecule is NCCc1nc(C(=O)NCC(O)COc2ccc(F)c(F)c2)cs1. The van der Waals surface area contributed by atoms with Gasteiger partial charge in [0.25, 0.3) is 5.91 Å². The molecule has 4 N–H and O–H groups in total. The van der Waals surface area contributed by atoms with Crippen molar-refractivity contribution < 1.29 is 23.4 Å². The maximum absolute atomic E-state index is 13.0. The van der Waals surface area contributed by atoms with Gasteiger partial charge in [-0.25, -0.2) is 13.8 Å². The molecular formula is C15H17F2N3O3S. The molecule has 1 unspecified atom stereocenters. The summed E-state index contributed by atoms with van der Waals surface area (Å²) in [5.41, 5.74) is 5.68. The largest absolute Gasteiger partial charge is 0.491 e. The molecule has 1 amide bonds. The smallest absolute Gasteiger partial charge is 0.270 e. The number of ether oxygens (including phenoxy) is 1. The molecule has 1 aromatic carbocycles. The minimum absolute atomic E-state index is 0.0632. The molecular weight excluding hydrogens is 340 g/mol. The normalized spacial score (nSPS) is 12.0. The summed E-state index contributed by atoms with van der Waals surface area (Å²) in [4.78, 5) is 16.0. The number of halogens is 2. The third-order valence-electron chi connectivity index (χ3n) is 2.97. The van der Waals surface area contributed by atoms with Crippen LogP contribution in [-0.2, 0) is 6.42 Å². The van der Waals surface area contributed by atoms with E-state index < -0.39 is 23.6 Å². The quantitative estimate of drug-likeness (QED) is 0.657. The van der Waals surface area contributed by atoms with Crippen LogP contribution in [0.1, 0.15) is 15.5 Å². The van der Waals surface area contributed by atoms with Crippen LogP contribution in [0.15, 0.2) is 23.6 Å². The zero-order chi connectivity index (χ0) is 17.5. The minimum Gasteiger partial charge on any atom is -0.491 e. The second-order valence-corrected chi connectivity index (χ2v) is 5.86. The molecule has 0 radical (unpaired) electrons. The number of aliphatic hydroxyl groups excluding tert-OH is 1. The zero-order valence-electron chi connectivity index (χ0n) is 12.7. The third-order valence-corrected chi connectivity index (χ3v) is 3.88. The molecule has 0 spiro atoms. The van der Waals surface area contributed by atoms with E-state index in [0.29, 0.717) is 13.0 Å². The van der Waals surface area contributed by atoms with Crippen LogP contribution in [0.5, 0.6) is 5.75 Å². The maximum Gasteiger partial charge on any atom is 0.270 e. The number of amides is 1. The number of nitrogens with two attached hydrogens (primary N) is 1. The van der Waals surface area contributed by atoms with E-state index in [4.69, 9.17) is 10.5 Å². The summed E-state index contributed by atoms with van der Waals surface area (Å²) in [6.07, 6.45) is -0.410. The van der Waals surface area contributed by atoms with Crippen LogP contribution < -0.4 is 15.8 Å². The van der Waals surface area contributed by atoms with E-state index in [0.717, 1.165) is 17.1 Å². The molecule has 1 heterocycles. The first kappa shape index (κ1) is 18.2. The predicted molar refractivity (Wildman–Crippen MR) is 85.1 cm³/mol.